The average Bonchev–Trinajstić information content (AvgIpc) is 3.32. The second kappa shape index (κ2) is 8.22. The van der Waals surface area contributed by atoms with Crippen LogP contribution in [0.15, 0.2) is 47.1 Å². The van der Waals surface area contributed by atoms with E-state index in [9.17, 15) is 9.59 Å². The Hall–Kier alpha value is -3.20. The molecule has 146 valence electrons. The van der Waals surface area contributed by atoms with Gasteiger partial charge < -0.3 is 15.1 Å². The first-order chi connectivity index (χ1) is 13.3. The molecule has 0 saturated carbocycles. The zero-order chi connectivity index (χ0) is 20.1. The van der Waals surface area contributed by atoms with Gasteiger partial charge in [-0.1, -0.05) is 44.2 Å². The highest BCUT2D eigenvalue weighted by Crippen LogP contribution is 2.27. The van der Waals surface area contributed by atoms with E-state index in [1.165, 1.54) is 17.6 Å². The van der Waals surface area contributed by atoms with Crippen LogP contribution in [-0.4, -0.2) is 22.1 Å². The first-order valence-corrected chi connectivity index (χ1v) is 9.45. The molecule has 0 atom stereocenters. The van der Waals surface area contributed by atoms with Gasteiger partial charge in [0.2, 0.25) is 5.13 Å². The molecule has 3 rings (SSSR count). The molecule has 3 N–H and O–H groups in total. The minimum Gasteiger partial charge on any atom is -0.459 e. The van der Waals surface area contributed by atoms with E-state index in [4.69, 9.17) is 4.42 Å². The summed E-state index contributed by atoms with van der Waals surface area (Å²) in [6, 6.07) is 10.1. The van der Waals surface area contributed by atoms with Gasteiger partial charge in [-0.05, 0) is 29.8 Å². The summed E-state index contributed by atoms with van der Waals surface area (Å²) in [5.74, 6) is -0.103. The molecule has 28 heavy (non-hydrogen) atoms. The number of benzene rings is 1. The Morgan fingerprint density at radius 2 is 1.93 bits per heavy atom. The third kappa shape index (κ3) is 5.17. The first-order valence-electron chi connectivity index (χ1n) is 8.64. The van der Waals surface area contributed by atoms with Gasteiger partial charge in [-0.2, -0.15) is 0 Å². The number of carbonyl (C=O) groups excluding carboxylic acids is 2. The Bertz CT molecular complexity index is 960. The van der Waals surface area contributed by atoms with Crippen molar-refractivity contribution in [2.24, 2.45) is 0 Å². The van der Waals surface area contributed by atoms with Gasteiger partial charge in [0, 0.05) is 17.6 Å². The SMILES string of the molecule is CC(C)(C)c1nnc(NC(=O)NCc2cccc(NC(=O)c3ccco3)c2)s1. The molecule has 0 aliphatic heterocycles. The van der Waals surface area contributed by atoms with Gasteiger partial charge in [-0.3, -0.25) is 10.1 Å². The number of nitrogens with zero attached hydrogens (tertiary/aromatic N) is 2. The summed E-state index contributed by atoms with van der Waals surface area (Å²) >= 11 is 1.35. The van der Waals surface area contributed by atoms with Crippen LogP contribution in [0.5, 0.6) is 0 Å². The molecule has 8 nitrogen and oxygen atoms in total. The van der Waals surface area contributed by atoms with E-state index in [1.807, 2.05) is 26.8 Å². The van der Waals surface area contributed by atoms with Crippen LogP contribution in [0.3, 0.4) is 0 Å². The van der Waals surface area contributed by atoms with Crippen LogP contribution in [0.25, 0.3) is 0 Å². The zero-order valence-electron chi connectivity index (χ0n) is 15.8. The molecule has 0 spiro atoms. The fourth-order valence-electron chi connectivity index (χ4n) is 2.26. The van der Waals surface area contributed by atoms with E-state index in [0.29, 0.717) is 17.4 Å². The maximum atomic E-state index is 12.1. The molecule has 2 aromatic heterocycles. The normalized spacial score (nSPS) is 11.1. The number of amides is 3. The number of hydrogen-bond donors (Lipinski definition) is 3. The molecule has 9 heteroatoms. The molecule has 1 aromatic carbocycles. The van der Waals surface area contributed by atoms with Crippen molar-refractivity contribution in [2.45, 2.75) is 32.7 Å². The summed E-state index contributed by atoms with van der Waals surface area (Å²) in [6.07, 6.45) is 1.44. The fourth-order valence-corrected chi connectivity index (χ4v) is 3.06. The molecule has 3 amide bonds. The van der Waals surface area contributed by atoms with Crippen molar-refractivity contribution in [3.05, 3.63) is 59.0 Å². The molecule has 0 aliphatic carbocycles. The predicted octanol–water partition coefficient (Wildman–Crippen LogP) is 4.00. The molecule has 0 radical (unpaired) electrons. The van der Waals surface area contributed by atoms with Gasteiger partial charge in [0.15, 0.2) is 5.76 Å². The Balaban J connectivity index is 1.53. The van der Waals surface area contributed by atoms with Crippen LogP contribution in [-0.2, 0) is 12.0 Å². The lowest BCUT2D eigenvalue weighted by Crippen LogP contribution is -2.28. The number of furan rings is 1. The number of aromatic nitrogens is 2. The summed E-state index contributed by atoms with van der Waals surface area (Å²) in [5, 5.41) is 17.6. The second-order valence-corrected chi connectivity index (χ2v) is 8.08. The monoisotopic (exact) mass is 399 g/mol. The number of nitrogens with one attached hydrogen (secondary N) is 3. The van der Waals surface area contributed by atoms with Gasteiger partial charge in [0.25, 0.3) is 5.91 Å². The number of anilines is 2. The van der Waals surface area contributed by atoms with Crippen LogP contribution in [0.4, 0.5) is 15.6 Å². The topological polar surface area (TPSA) is 109 Å². The summed E-state index contributed by atoms with van der Waals surface area (Å²) in [4.78, 5) is 24.1. The van der Waals surface area contributed by atoms with E-state index in [0.717, 1.165) is 10.6 Å². The summed E-state index contributed by atoms with van der Waals surface area (Å²) in [6.45, 7) is 6.40. The Labute approximate surface area is 166 Å². The van der Waals surface area contributed by atoms with Gasteiger partial charge >= 0.3 is 6.03 Å². The molecule has 0 unspecified atom stereocenters. The Kier molecular flexibility index (Phi) is 5.74. The van der Waals surface area contributed by atoms with Crippen LogP contribution < -0.4 is 16.0 Å². The van der Waals surface area contributed by atoms with Crippen LogP contribution in [0.1, 0.15) is 41.9 Å². The maximum Gasteiger partial charge on any atom is 0.321 e. The maximum absolute atomic E-state index is 12.1. The fraction of sp³-hybridized carbons (Fsp3) is 0.263. The van der Waals surface area contributed by atoms with Crippen LogP contribution >= 0.6 is 11.3 Å². The van der Waals surface area contributed by atoms with E-state index in [-0.39, 0.29) is 23.1 Å². The zero-order valence-corrected chi connectivity index (χ0v) is 16.6. The van der Waals surface area contributed by atoms with Crippen molar-refractivity contribution in [2.75, 3.05) is 10.6 Å². The third-order valence-electron chi connectivity index (χ3n) is 3.67. The molecular weight excluding hydrogens is 378 g/mol. The molecule has 3 aromatic rings. The summed E-state index contributed by atoms with van der Waals surface area (Å²) in [5.41, 5.74) is 1.33. The number of carbonyl (C=O) groups is 2. The minimum atomic E-state index is -0.373. The minimum absolute atomic E-state index is 0.116. The van der Waals surface area contributed by atoms with Gasteiger partial charge in [0.1, 0.15) is 5.01 Å². The van der Waals surface area contributed by atoms with Gasteiger partial charge in [-0.25, -0.2) is 4.79 Å². The van der Waals surface area contributed by atoms with E-state index < -0.39 is 0 Å². The smallest absolute Gasteiger partial charge is 0.321 e. The third-order valence-corrected chi connectivity index (χ3v) is 4.93. The molecule has 0 saturated heterocycles. The summed E-state index contributed by atoms with van der Waals surface area (Å²) < 4.78 is 5.07. The second-order valence-electron chi connectivity index (χ2n) is 7.10. The molecular formula is C19H21N5O3S. The van der Waals surface area contributed by atoms with Crippen molar-refractivity contribution < 1.29 is 14.0 Å². The van der Waals surface area contributed by atoms with Gasteiger partial charge in [0.05, 0.1) is 6.26 Å². The highest BCUT2D eigenvalue weighted by Gasteiger charge is 2.20. The average molecular weight is 399 g/mol. The van der Waals surface area contributed by atoms with Crippen LogP contribution in [0.2, 0.25) is 0 Å². The lowest BCUT2D eigenvalue weighted by molar-refractivity contribution is 0.0996. The van der Waals surface area contributed by atoms with Crippen molar-refractivity contribution in [1.82, 2.24) is 15.5 Å². The molecule has 0 fully saturated rings. The molecule has 2 heterocycles. The Morgan fingerprint density at radius 1 is 1.11 bits per heavy atom. The van der Waals surface area contributed by atoms with Gasteiger partial charge in [-0.15, -0.1) is 10.2 Å². The van der Waals surface area contributed by atoms with Crippen molar-refractivity contribution in [1.29, 1.82) is 0 Å². The number of rotatable bonds is 5. The highest BCUT2D eigenvalue weighted by molar-refractivity contribution is 7.15. The van der Waals surface area contributed by atoms with E-state index in [2.05, 4.69) is 26.1 Å². The predicted molar refractivity (Wildman–Crippen MR) is 108 cm³/mol. The number of urea groups is 1. The van der Waals surface area contributed by atoms with E-state index >= 15 is 0 Å². The van der Waals surface area contributed by atoms with Crippen molar-refractivity contribution in [3.63, 3.8) is 0 Å². The quantitative estimate of drug-likeness (QED) is 0.601. The highest BCUT2D eigenvalue weighted by atomic mass is 32.1. The van der Waals surface area contributed by atoms with Crippen molar-refractivity contribution in [3.8, 4) is 0 Å². The Morgan fingerprint density at radius 3 is 2.61 bits per heavy atom. The molecule has 0 bridgehead atoms. The summed E-state index contributed by atoms with van der Waals surface area (Å²) in [7, 11) is 0. The first kappa shape index (κ1) is 19.6. The van der Waals surface area contributed by atoms with E-state index in [1.54, 1.807) is 30.3 Å². The largest absolute Gasteiger partial charge is 0.459 e. The van der Waals surface area contributed by atoms with Crippen molar-refractivity contribution >= 4 is 34.1 Å². The lowest BCUT2D eigenvalue weighted by atomic mass is 9.98. The lowest BCUT2D eigenvalue weighted by Gasteiger charge is -2.12. The molecule has 0 aliphatic rings. The number of hydrogen-bond acceptors (Lipinski definition) is 6. The van der Waals surface area contributed by atoms with Crippen LogP contribution in [0, 0.1) is 0 Å². The standard InChI is InChI=1S/C19H21N5O3S/c1-19(2,3)16-23-24-18(28-16)22-17(26)20-11-12-6-4-7-13(10-12)21-15(25)14-8-5-9-27-14/h4-10H,11H2,1-3H3,(H,21,25)(H2,20,22,24,26).